The molecular formula is C28H40N4O3S. The Labute approximate surface area is 216 Å². The summed E-state index contributed by atoms with van der Waals surface area (Å²) < 4.78 is 25.7. The van der Waals surface area contributed by atoms with Crippen molar-refractivity contribution in [2.24, 2.45) is 5.92 Å². The standard InChI is InChI=1S/C28H40N4O3S/c1-3-36(34,35)32-16-14-30(15-17-32)21-24-9-11-27(12-10-24)28(33)29-19-25-7-4-8-26(18-25)22-31-13-5-6-23(2)20-31/h4,7-12,18,23H,3,5-6,13-17,19-22H2,1-2H3,(H,29,33). The van der Waals surface area contributed by atoms with E-state index in [1.807, 2.05) is 24.3 Å². The maximum Gasteiger partial charge on any atom is 0.251 e. The van der Waals surface area contributed by atoms with Crippen LogP contribution in [0.1, 0.15) is 53.7 Å². The summed E-state index contributed by atoms with van der Waals surface area (Å²) >= 11 is 0. The lowest BCUT2D eigenvalue weighted by molar-refractivity contribution is 0.0951. The fraction of sp³-hybridized carbons (Fsp3) is 0.536. The van der Waals surface area contributed by atoms with Crippen LogP contribution in [0.2, 0.25) is 0 Å². The van der Waals surface area contributed by atoms with E-state index in [2.05, 4.69) is 46.3 Å². The van der Waals surface area contributed by atoms with Crippen LogP contribution in [-0.2, 0) is 29.7 Å². The average molecular weight is 513 g/mol. The van der Waals surface area contributed by atoms with E-state index < -0.39 is 10.0 Å². The van der Waals surface area contributed by atoms with E-state index in [1.165, 1.54) is 18.4 Å². The summed E-state index contributed by atoms with van der Waals surface area (Å²) in [4.78, 5) is 17.5. The third-order valence-electron chi connectivity index (χ3n) is 7.30. The number of sulfonamides is 1. The van der Waals surface area contributed by atoms with Crippen LogP contribution in [0.3, 0.4) is 0 Å². The molecule has 2 aliphatic rings. The van der Waals surface area contributed by atoms with E-state index in [1.54, 1.807) is 11.2 Å². The minimum absolute atomic E-state index is 0.0739. The van der Waals surface area contributed by atoms with E-state index in [0.717, 1.165) is 56.3 Å². The number of hydrogen-bond donors (Lipinski definition) is 1. The molecule has 2 saturated heterocycles. The zero-order valence-electron chi connectivity index (χ0n) is 21.7. The Hall–Kier alpha value is -2.26. The summed E-state index contributed by atoms with van der Waals surface area (Å²) in [6.07, 6.45) is 2.60. The van der Waals surface area contributed by atoms with Gasteiger partial charge < -0.3 is 5.32 Å². The van der Waals surface area contributed by atoms with Gasteiger partial charge in [-0.3, -0.25) is 14.6 Å². The first-order valence-electron chi connectivity index (χ1n) is 13.2. The zero-order chi connectivity index (χ0) is 25.5. The lowest BCUT2D eigenvalue weighted by Gasteiger charge is -2.33. The normalized spacial score (nSPS) is 20.3. The number of piperazine rings is 1. The minimum atomic E-state index is -3.11. The molecule has 2 fully saturated rings. The van der Waals surface area contributed by atoms with Gasteiger partial charge in [-0.25, -0.2) is 8.42 Å². The lowest BCUT2D eigenvalue weighted by atomic mass is 9.99. The summed E-state index contributed by atoms with van der Waals surface area (Å²) in [5.41, 5.74) is 4.19. The molecule has 1 N–H and O–H groups in total. The molecule has 1 atom stereocenters. The van der Waals surface area contributed by atoms with Gasteiger partial charge in [0.1, 0.15) is 0 Å². The van der Waals surface area contributed by atoms with Gasteiger partial charge >= 0.3 is 0 Å². The Kier molecular flexibility index (Phi) is 9.17. The quantitative estimate of drug-likeness (QED) is 0.558. The Morgan fingerprint density at radius 1 is 0.917 bits per heavy atom. The number of amides is 1. The first-order valence-corrected chi connectivity index (χ1v) is 14.8. The molecule has 7 nitrogen and oxygen atoms in total. The number of rotatable bonds is 9. The molecule has 2 aliphatic heterocycles. The van der Waals surface area contributed by atoms with Crippen molar-refractivity contribution in [3.05, 3.63) is 70.8 Å². The highest BCUT2D eigenvalue weighted by molar-refractivity contribution is 7.89. The number of carbonyl (C=O) groups is 1. The van der Waals surface area contributed by atoms with Gasteiger partial charge in [0.2, 0.25) is 10.0 Å². The second-order valence-corrected chi connectivity index (χ2v) is 12.5. The molecular weight excluding hydrogens is 472 g/mol. The van der Waals surface area contributed by atoms with E-state index in [4.69, 9.17) is 0 Å². The van der Waals surface area contributed by atoms with Crippen molar-refractivity contribution in [1.29, 1.82) is 0 Å². The fourth-order valence-electron chi connectivity index (χ4n) is 5.18. The van der Waals surface area contributed by atoms with Gasteiger partial charge in [-0.15, -0.1) is 0 Å². The van der Waals surface area contributed by atoms with Crippen molar-refractivity contribution in [1.82, 2.24) is 19.4 Å². The molecule has 0 bridgehead atoms. The summed E-state index contributed by atoms with van der Waals surface area (Å²) in [5.74, 6) is 0.845. The van der Waals surface area contributed by atoms with Crippen LogP contribution in [0.15, 0.2) is 48.5 Å². The van der Waals surface area contributed by atoms with E-state index in [9.17, 15) is 13.2 Å². The first kappa shape index (κ1) is 26.8. The Balaban J connectivity index is 1.24. The van der Waals surface area contributed by atoms with E-state index in [-0.39, 0.29) is 11.7 Å². The number of benzene rings is 2. The van der Waals surface area contributed by atoms with Crippen LogP contribution in [0.25, 0.3) is 0 Å². The van der Waals surface area contributed by atoms with E-state index >= 15 is 0 Å². The molecule has 2 heterocycles. The van der Waals surface area contributed by atoms with Crippen LogP contribution >= 0.6 is 0 Å². The van der Waals surface area contributed by atoms with Crippen molar-refractivity contribution in [2.75, 3.05) is 45.0 Å². The number of carbonyl (C=O) groups excluding carboxylic acids is 1. The minimum Gasteiger partial charge on any atom is -0.348 e. The predicted molar refractivity (Wildman–Crippen MR) is 144 cm³/mol. The summed E-state index contributed by atoms with van der Waals surface area (Å²) in [7, 11) is -3.11. The number of likely N-dealkylation sites (tertiary alicyclic amines) is 1. The predicted octanol–water partition coefficient (Wildman–Crippen LogP) is 3.32. The van der Waals surface area contributed by atoms with Gasteiger partial charge in [0.25, 0.3) is 5.91 Å². The van der Waals surface area contributed by atoms with Crippen molar-refractivity contribution < 1.29 is 13.2 Å². The van der Waals surface area contributed by atoms with Gasteiger partial charge in [0.05, 0.1) is 5.75 Å². The molecule has 4 rings (SSSR count). The Bertz CT molecular complexity index is 1110. The number of hydrogen-bond acceptors (Lipinski definition) is 5. The second-order valence-electron chi connectivity index (χ2n) is 10.3. The van der Waals surface area contributed by atoms with E-state index in [0.29, 0.717) is 25.2 Å². The van der Waals surface area contributed by atoms with Gasteiger partial charge in [0, 0.05) is 57.9 Å². The maximum absolute atomic E-state index is 12.7. The monoisotopic (exact) mass is 512 g/mol. The third-order valence-corrected chi connectivity index (χ3v) is 9.19. The molecule has 8 heteroatoms. The highest BCUT2D eigenvalue weighted by Gasteiger charge is 2.25. The van der Waals surface area contributed by atoms with Crippen LogP contribution in [-0.4, -0.2) is 73.5 Å². The molecule has 0 aromatic heterocycles. The fourth-order valence-corrected chi connectivity index (χ4v) is 6.26. The van der Waals surface area contributed by atoms with Crippen molar-refractivity contribution in [2.45, 2.75) is 46.3 Å². The molecule has 0 spiro atoms. The van der Waals surface area contributed by atoms with Crippen LogP contribution in [0, 0.1) is 5.92 Å². The second kappa shape index (κ2) is 12.3. The summed E-state index contributed by atoms with van der Waals surface area (Å²) in [5, 5.41) is 3.05. The van der Waals surface area contributed by atoms with Crippen molar-refractivity contribution in [3.63, 3.8) is 0 Å². The SMILES string of the molecule is CCS(=O)(=O)N1CCN(Cc2ccc(C(=O)NCc3cccc(CN4CCCC(C)C4)c3)cc2)CC1. The molecule has 36 heavy (non-hydrogen) atoms. The number of piperidine rings is 1. The van der Waals surface area contributed by atoms with Crippen LogP contribution in [0.4, 0.5) is 0 Å². The Morgan fingerprint density at radius 3 is 2.31 bits per heavy atom. The average Bonchev–Trinajstić information content (AvgIpc) is 2.88. The first-order chi connectivity index (χ1) is 17.3. The lowest BCUT2D eigenvalue weighted by Crippen LogP contribution is -2.48. The maximum atomic E-state index is 12.7. The highest BCUT2D eigenvalue weighted by Crippen LogP contribution is 2.18. The Morgan fingerprint density at radius 2 is 1.61 bits per heavy atom. The molecule has 1 unspecified atom stereocenters. The van der Waals surface area contributed by atoms with Crippen molar-refractivity contribution in [3.8, 4) is 0 Å². The van der Waals surface area contributed by atoms with Gasteiger partial charge in [0.15, 0.2) is 0 Å². The van der Waals surface area contributed by atoms with Crippen LogP contribution in [0.5, 0.6) is 0 Å². The number of nitrogens with zero attached hydrogens (tertiary/aromatic N) is 3. The molecule has 1 amide bonds. The van der Waals surface area contributed by atoms with Gasteiger partial charge in [-0.05, 0) is 61.1 Å². The zero-order valence-corrected chi connectivity index (χ0v) is 22.5. The topological polar surface area (TPSA) is 73.0 Å². The number of nitrogens with one attached hydrogen (secondary N) is 1. The molecule has 0 radical (unpaired) electrons. The van der Waals surface area contributed by atoms with Gasteiger partial charge in [-0.2, -0.15) is 4.31 Å². The summed E-state index contributed by atoms with van der Waals surface area (Å²) in [6, 6.07) is 16.2. The smallest absolute Gasteiger partial charge is 0.251 e. The van der Waals surface area contributed by atoms with Crippen LogP contribution < -0.4 is 5.32 Å². The third kappa shape index (κ3) is 7.38. The molecule has 2 aromatic carbocycles. The van der Waals surface area contributed by atoms with Crippen molar-refractivity contribution >= 4 is 15.9 Å². The molecule has 2 aromatic rings. The summed E-state index contributed by atoms with van der Waals surface area (Å²) in [6.45, 7) is 11.1. The molecule has 196 valence electrons. The highest BCUT2D eigenvalue weighted by atomic mass is 32.2. The van der Waals surface area contributed by atoms with Gasteiger partial charge in [-0.1, -0.05) is 43.3 Å². The molecule has 0 saturated carbocycles. The largest absolute Gasteiger partial charge is 0.348 e. The molecule has 0 aliphatic carbocycles.